The standard InChI is InChI=1S/C14H14Cl2N4O4S/c1-8-7-11(24-3)18-13(17-8)20(2)14(21)19-25(22,23)12-9(15)5-4-6-10(12)16/h4-7H,1-3H3,(H,19,21). The maximum atomic E-state index is 12.4. The minimum absolute atomic E-state index is 0.0326. The van der Waals surface area contributed by atoms with E-state index in [4.69, 9.17) is 27.9 Å². The highest BCUT2D eigenvalue weighted by molar-refractivity contribution is 7.90. The molecule has 0 aliphatic rings. The number of carbonyl (C=O) groups excluding carboxylic acids is 1. The van der Waals surface area contributed by atoms with Gasteiger partial charge in [0.15, 0.2) is 0 Å². The first-order valence-corrected chi connectivity index (χ1v) is 9.04. The fourth-order valence-corrected chi connectivity index (χ4v) is 3.97. The average Bonchev–Trinajstić information content (AvgIpc) is 2.52. The Morgan fingerprint density at radius 2 is 1.84 bits per heavy atom. The van der Waals surface area contributed by atoms with Crippen molar-refractivity contribution in [2.75, 3.05) is 19.1 Å². The monoisotopic (exact) mass is 404 g/mol. The number of aromatic nitrogens is 2. The molecule has 2 rings (SSSR count). The van der Waals surface area contributed by atoms with E-state index in [1.807, 2.05) is 4.72 Å². The summed E-state index contributed by atoms with van der Waals surface area (Å²) in [6, 6.07) is 4.78. The summed E-state index contributed by atoms with van der Waals surface area (Å²) in [6.45, 7) is 1.68. The predicted octanol–water partition coefficient (Wildman–Crippen LogP) is 2.64. The van der Waals surface area contributed by atoms with Crippen LogP contribution in [0.5, 0.6) is 5.88 Å². The van der Waals surface area contributed by atoms with Gasteiger partial charge < -0.3 is 4.74 Å². The number of anilines is 1. The van der Waals surface area contributed by atoms with Gasteiger partial charge in [0.05, 0.1) is 17.2 Å². The molecule has 0 aliphatic carbocycles. The van der Waals surface area contributed by atoms with Gasteiger partial charge in [-0.1, -0.05) is 29.3 Å². The molecule has 0 fully saturated rings. The number of hydrogen-bond donors (Lipinski definition) is 1. The number of amides is 2. The Balaban J connectivity index is 2.31. The van der Waals surface area contributed by atoms with E-state index in [-0.39, 0.29) is 26.8 Å². The number of hydrogen-bond acceptors (Lipinski definition) is 6. The Labute approximate surface area is 154 Å². The second-order valence-electron chi connectivity index (χ2n) is 4.87. The van der Waals surface area contributed by atoms with E-state index in [0.717, 1.165) is 4.90 Å². The highest BCUT2D eigenvalue weighted by Crippen LogP contribution is 2.28. The van der Waals surface area contributed by atoms with Crippen molar-refractivity contribution in [3.8, 4) is 5.88 Å². The third-order valence-corrected chi connectivity index (χ3v) is 5.32. The van der Waals surface area contributed by atoms with Crippen LogP contribution in [-0.2, 0) is 10.0 Å². The molecule has 0 atom stereocenters. The summed E-state index contributed by atoms with van der Waals surface area (Å²) in [4.78, 5) is 20.9. The number of benzene rings is 1. The smallest absolute Gasteiger partial charge is 0.337 e. The zero-order valence-corrected chi connectivity index (χ0v) is 15.8. The first kappa shape index (κ1) is 19.2. The molecule has 1 aromatic heterocycles. The lowest BCUT2D eigenvalue weighted by atomic mass is 10.4. The maximum Gasteiger partial charge on any atom is 0.337 e. The van der Waals surface area contributed by atoms with Crippen LogP contribution in [0.15, 0.2) is 29.2 Å². The lowest BCUT2D eigenvalue weighted by molar-refractivity contribution is 0.252. The number of urea groups is 1. The van der Waals surface area contributed by atoms with Crippen molar-refractivity contribution < 1.29 is 17.9 Å². The number of ether oxygens (including phenoxy) is 1. The Hall–Kier alpha value is -2.10. The second kappa shape index (κ2) is 7.42. The number of halogens is 2. The van der Waals surface area contributed by atoms with Gasteiger partial charge in [-0.2, -0.15) is 4.98 Å². The maximum absolute atomic E-state index is 12.4. The summed E-state index contributed by atoms with van der Waals surface area (Å²) >= 11 is 11.8. The molecule has 2 aromatic rings. The molecule has 1 heterocycles. The van der Waals surface area contributed by atoms with Gasteiger partial charge in [0.1, 0.15) is 4.90 Å². The van der Waals surface area contributed by atoms with Crippen molar-refractivity contribution in [3.05, 3.63) is 40.0 Å². The van der Waals surface area contributed by atoms with Gasteiger partial charge in [-0.25, -0.2) is 22.9 Å². The summed E-state index contributed by atoms with van der Waals surface area (Å²) in [7, 11) is -1.57. The molecule has 0 saturated carbocycles. The topological polar surface area (TPSA) is 101 Å². The van der Waals surface area contributed by atoms with E-state index in [2.05, 4.69) is 9.97 Å². The third-order valence-electron chi connectivity index (χ3n) is 3.04. The summed E-state index contributed by atoms with van der Waals surface area (Å²) < 4.78 is 31.7. The number of aryl methyl sites for hydroxylation is 1. The number of carbonyl (C=O) groups is 1. The molecule has 1 N–H and O–H groups in total. The Morgan fingerprint density at radius 3 is 2.40 bits per heavy atom. The van der Waals surface area contributed by atoms with Crippen LogP contribution in [0.4, 0.5) is 10.7 Å². The van der Waals surface area contributed by atoms with Crippen molar-refractivity contribution in [1.82, 2.24) is 14.7 Å². The van der Waals surface area contributed by atoms with E-state index in [0.29, 0.717) is 5.69 Å². The molecule has 25 heavy (non-hydrogen) atoms. The van der Waals surface area contributed by atoms with E-state index in [9.17, 15) is 13.2 Å². The van der Waals surface area contributed by atoms with E-state index >= 15 is 0 Å². The fourth-order valence-electron chi connectivity index (χ4n) is 1.84. The van der Waals surface area contributed by atoms with Crippen LogP contribution in [0, 0.1) is 6.92 Å². The summed E-state index contributed by atoms with van der Waals surface area (Å²) in [5, 5.41) is -0.215. The van der Waals surface area contributed by atoms with Crippen LogP contribution in [-0.4, -0.2) is 38.6 Å². The number of sulfonamides is 1. The molecule has 0 saturated heterocycles. The Kier molecular flexibility index (Phi) is 5.71. The molecule has 8 nitrogen and oxygen atoms in total. The van der Waals surface area contributed by atoms with Gasteiger partial charge >= 0.3 is 6.03 Å². The van der Waals surface area contributed by atoms with Gasteiger partial charge in [-0.3, -0.25) is 4.90 Å². The SMILES string of the molecule is COc1cc(C)nc(N(C)C(=O)NS(=O)(=O)c2c(Cl)cccc2Cl)n1. The van der Waals surface area contributed by atoms with Crippen LogP contribution >= 0.6 is 23.2 Å². The molecular formula is C14H14Cl2N4O4S. The lowest BCUT2D eigenvalue weighted by Gasteiger charge is -2.17. The fraction of sp³-hybridized carbons (Fsp3) is 0.214. The van der Waals surface area contributed by atoms with Gasteiger partial charge in [-0.15, -0.1) is 0 Å². The molecule has 2 amide bonds. The number of nitrogens with zero attached hydrogens (tertiary/aromatic N) is 3. The molecule has 0 bridgehead atoms. The largest absolute Gasteiger partial charge is 0.481 e. The Morgan fingerprint density at radius 1 is 1.24 bits per heavy atom. The van der Waals surface area contributed by atoms with Crippen LogP contribution in [0.2, 0.25) is 10.0 Å². The molecule has 0 radical (unpaired) electrons. The van der Waals surface area contributed by atoms with Crippen LogP contribution in [0.25, 0.3) is 0 Å². The average molecular weight is 405 g/mol. The van der Waals surface area contributed by atoms with Gasteiger partial charge in [0, 0.05) is 18.8 Å². The van der Waals surface area contributed by atoms with Crippen molar-refractivity contribution in [2.45, 2.75) is 11.8 Å². The van der Waals surface area contributed by atoms with E-state index in [1.54, 1.807) is 13.0 Å². The molecule has 0 aliphatic heterocycles. The predicted molar refractivity (Wildman–Crippen MR) is 93.9 cm³/mol. The Bertz CT molecular complexity index is 901. The molecule has 0 spiro atoms. The zero-order chi connectivity index (χ0) is 18.8. The highest BCUT2D eigenvalue weighted by Gasteiger charge is 2.26. The second-order valence-corrected chi connectivity index (χ2v) is 7.31. The highest BCUT2D eigenvalue weighted by atomic mass is 35.5. The van der Waals surface area contributed by atoms with Crippen molar-refractivity contribution in [1.29, 1.82) is 0 Å². The van der Waals surface area contributed by atoms with Gasteiger partial charge in [-0.05, 0) is 19.1 Å². The lowest BCUT2D eigenvalue weighted by Crippen LogP contribution is -2.41. The zero-order valence-electron chi connectivity index (χ0n) is 13.4. The summed E-state index contributed by atoms with van der Waals surface area (Å²) in [6.07, 6.45) is 0. The van der Waals surface area contributed by atoms with Crippen LogP contribution in [0.3, 0.4) is 0 Å². The van der Waals surface area contributed by atoms with E-state index < -0.39 is 16.1 Å². The normalized spacial score (nSPS) is 11.1. The van der Waals surface area contributed by atoms with Crippen molar-refractivity contribution >= 4 is 45.2 Å². The van der Waals surface area contributed by atoms with Gasteiger partial charge in [0.25, 0.3) is 10.0 Å². The van der Waals surface area contributed by atoms with Crippen molar-refractivity contribution in [3.63, 3.8) is 0 Å². The van der Waals surface area contributed by atoms with E-state index in [1.165, 1.54) is 32.4 Å². The minimum atomic E-state index is -4.29. The number of nitrogens with one attached hydrogen (secondary N) is 1. The number of rotatable bonds is 4. The minimum Gasteiger partial charge on any atom is -0.481 e. The molecule has 11 heteroatoms. The molecular weight excluding hydrogens is 391 g/mol. The van der Waals surface area contributed by atoms with Gasteiger partial charge in [0.2, 0.25) is 11.8 Å². The first-order chi connectivity index (χ1) is 11.7. The molecule has 1 aromatic carbocycles. The quantitative estimate of drug-likeness (QED) is 0.839. The van der Waals surface area contributed by atoms with Crippen LogP contribution in [0.1, 0.15) is 5.69 Å². The van der Waals surface area contributed by atoms with Crippen LogP contribution < -0.4 is 14.4 Å². The summed E-state index contributed by atoms with van der Waals surface area (Å²) in [5.41, 5.74) is 0.540. The third kappa shape index (κ3) is 4.30. The number of methoxy groups -OCH3 is 1. The summed E-state index contributed by atoms with van der Waals surface area (Å²) in [5.74, 6) is 0.203. The van der Waals surface area contributed by atoms with Crippen molar-refractivity contribution in [2.24, 2.45) is 0 Å². The molecule has 0 unspecified atom stereocenters. The first-order valence-electron chi connectivity index (χ1n) is 6.80. The molecule has 134 valence electrons.